The van der Waals surface area contributed by atoms with Gasteiger partial charge in [0, 0.05) is 18.1 Å². The molecule has 3 fully saturated rings. The second-order valence-electron chi connectivity index (χ2n) is 7.32. The van der Waals surface area contributed by atoms with Crippen molar-refractivity contribution in [3.05, 3.63) is 0 Å². The third-order valence-electron chi connectivity index (χ3n) is 5.56. The molecule has 104 valence electrons. The lowest BCUT2D eigenvalue weighted by Crippen LogP contribution is -2.55. The standard InChI is InChI=1S/C16H30N2/c1-13(2)17-14-5-3-4-6-15(14)18-11-9-16(7-8-16)10-12-18/h13-15,17H,3-12H2,1-2H3/t14-,15-/m0/s1. The minimum absolute atomic E-state index is 0.634. The molecular formula is C16H30N2. The summed E-state index contributed by atoms with van der Waals surface area (Å²) in [6.07, 6.45) is 11.7. The molecule has 3 aliphatic rings. The van der Waals surface area contributed by atoms with Gasteiger partial charge in [-0.25, -0.2) is 0 Å². The first-order valence-electron chi connectivity index (χ1n) is 8.19. The first-order chi connectivity index (χ1) is 8.69. The molecule has 0 aromatic heterocycles. The van der Waals surface area contributed by atoms with Crippen molar-refractivity contribution in [2.75, 3.05) is 13.1 Å². The van der Waals surface area contributed by atoms with E-state index in [-0.39, 0.29) is 0 Å². The van der Waals surface area contributed by atoms with E-state index in [0.717, 1.165) is 17.5 Å². The third-order valence-corrected chi connectivity index (χ3v) is 5.56. The van der Waals surface area contributed by atoms with E-state index in [2.05, 4.69) is 24.1 Å². The van der Waals surface area contributed by atoms with Crippen LogP contribution in [0.2, 0.25) is 0 Å². The van der Waals surface area contributed by atoms with Gasteiger partial charge in [0.15, 0.2) is 0 Å². The van der Waals surface area contributed by atoms with Gasteiger partial charge in [0.2, 0.25) is 0 Å². The molecule has 0 aromatic carbocycles. The average molecular weight is 250 g/mol. The molecule has 1 N–H and O–H groups in total. The molecular weight excluding hydrogens is 220 g/mol. The van der Waals surface area contributed by atoms with Crippen LogP contribution in [0.5, 0.6) is 0 Å². The monoisotopic (exact) mass is 250 g/mol. The van der Waals surface area contributed by atoms with Crippen molar-refractivity contribution in [1.29, 1.82) is 0 Å². The lowest BCUT2D eigenvalue weighted by molar-refractivity contribution is 0.0746. The largest absolute Gasteiger partial charge is 0.310 e. The van der Waals surface area contributed by atoms with Crippen LogP contribution in [0.4, 0.5) is 0 Å². The van der Waals surface area contributed by atoms with Crippen LogP contribution in [0, 0.1) is 5.41 Å². The fraction of sp³-hybridized carbons (Fsp3) is 1.00. The molecule has 0 radical (unpaired) electrons. The van der Waals surface area contributed by atoms with Crippen LogP contribution in [0.1, 0.15) is 65.2 Å². The smallest absolute Gasteiger partial charge is 0.0249 e. The summed E-state index contributed by atoms with van der Waals surface area (Å²) in [4.78, 5) is 2.82. The summed E-state index contributed by atoms with van der Waals surface area (Å²) >= 11 is 0. The minimum Gasteiger partial charge on any atom is -0.310 e. The number of nitrogens with one attached hydrogen (secondary N) is 1. The molecule has 18 heavy (non-hydrogen) atoms. The van der Waals surface area contributed by atoms with E-state index < -0.39 is 0 Å². The maximum Gasteiger partial charge on any atom is 0.0249 e. The molecule has 1 heterocycles. The molecule has 3 rings (SSSR count). The van der Waals surface area contributed by atoms with E-state index in [4.69, 9.17) is 0 Å². The molecule has 0 amide bonds. The Morgan fingerprint density at radius 1 is 1.00 bits per heavy atom. The van der Waals surface area contributed by atoms with Gasteiger partial charge < -0.3 is 5.32 Å². The van der Waals surface area contributed by atoms with Gasteiger partial charge in [-0.05, 0) is 57.0 Å². The third kappa shape index (κ3) is 2.75. The van der Waals surface area contributed by atoms with E-state index >= 15 is 0 Å². The maximum absolute atomic E-state index is 3.82. The fourth-order valence-electron chi connectivity index (χ4n) is 4.18. The van der Waals surface area contributed by atoms with Crippen molar-refractivity contribution in [2.45, 2.75) is 83.3 Å². The highest BCUT2D eigenvalue weighted by atomic mass is 15.2. The molecule has 2 nitrogen and oxygen atoms in total. The predicted molar refractivity (Wildman–Crippen MR) is 76.8 cm³/mol. The summed E-state index contributed by atoms with van der Waals surface area (Å²) in [5, 5.41) is 3.82. The summed E-state index contributed by atoms with van der Waals surface area (Å²) in [5.74, 6) is 0. The SMILES string of the molecule is CC(C)N[C@H]1CCCC[C@@H]1N1CCC2(CC1)CC2. The van der Waals surface area contributed by atoms with Crippen LogP contribution in [0.15, 0.2) is 0 Å². The fourth-order valence-corrected chi connectivity index (χ4v) is 4.18. The molecule has 0 unspecified atom stereocenters. The zero-order valence-corrected chi connectivity index (χ0v) is 12.3. The number of hydrogen-bond acceptors (Lipinski definition) is 2. The highest BCUT2D eigenvalue weighted by Crippen LogP contribution is 2.54. The van der Waals surface area contributed by atoms with E-state index in [1.165, 1.54) is 64.5 Å². The summed E-state index contributed by atoms with van der Waals surface area (Å²) in [6.45, 7) is 7.34. The Labute approximate surface area is 113 Å². The van der Waals surface area contributed by atoms with Gasteiger partial charge >= 0.3 is 0 Å². The summed E-state index contributed by atoms with van der Waals surface area (Å²) in [7, 11) is 0. The van der Waals surface area contributed by atoms with Crippen LogP contribution >= 0.6 is 0 Å². The van der Waals surface area contributed by atoms with Crippen molar-refractivity contribution >= 4 is 0 Å². The molecule has 0 aromatic rings. The minimum atomic E-state index is 0.634. The van der Waals surface area contributed by atoms with Gasteiger partial charge in [-0.15, -0.1) is 0 Å². The second-order valence-corrected chi connectivity index (χ2v) is 7.32. The molecule has 2 saturated carbocycles. The molecule has 2 aliphatic carbocycles. The van der Waals surface area contributed by atoms with Crippen LogP contribution in [-0.4, -0.2) is 36.1 Å². The summed E-state index contributed by atoms with van der Waals surface area (Å²) in [5.41, 5.74) is 0.826. The Kier molecular flexibility index (Phi) is 3.68. The van der Waals surface area contributed by atoms with Gasteiger partial charge in [-0.3, -0.25) is 4.90 Å². The van der Waals surface area contributed by atoms with Crippen LogP contribution in [0.25, 0.3) is 0 Å². The van der Waals surface area contributed by atoms with Crippen molar-refractivity contribution in [2.24, 2.45) is 5.41 Å². The Morgan fingerprint density at radius 3 is 2.28 bits per heavy atom. The van der Waals surface area contributed by atoms with Gasteiger partial charge in [0.05, 0.1) is 0 Å². The van der Waals surface area contributed by atoms with Gasteiger partial charge in [-0.1, -0.05) is 26.7 Å². The van der Waals surface area contributed by atoms with Crippen LogP contribution in [-0.2, 0) is 0 Å². The van der Waals surface area contributed by atoms with Crippen molar-refractivity contribution in [3.63, 3.8) is 0 Å². The van der Waals surface area contributed by atoms with Gasteiger partial charge in [0.25, 0.3) is 0 Å². The highest BCUT2D eigenvalue weighted by molar-refractivity contribution is 4.99. The van der Waals surface area contributed by atoms with Gasteiger partial charge in [0.1, 0.15) is 0 Å². The van der Waals surface area contributed by atoms with Crippen molar-refractivity contribution < 1.29 is 0 Å². The van der Waals surface area contributed by atoms with E-state index in [0.29, 0.717) is 6.04 Å². The molecule has 2 atom stereocenters. The Morgan fingerprint density at radius 2 is 1.67 bits per heavy atom. The summed E-state index contributed by atoms with van der Waals surface area (Å²) in [6, 6.07) is 2.22. The quantitative estimate of drug-likeness (QED) is 0.827. The summed E-state index contributed by atoms with van der Waals surface area (Å²) < 4.78 is 0. The normalized spacial score (nSPS) is 36.2. The average Bonchev–Trinajstić information content (AvgIpc) is 3.10. The molecule has 1 saturated heterocycles. The van der Waals surface area contributed by atoms with Crippen LogP contribution in [0.3, 0.4) is 0 Å². The number of rotatable bonds is 3. The van der Waals surface area contributed by atoms with Crippen molar-refractivity contribution in [3.8, 4) is 0 Å². The number of piperidine rings is 1. The van der Waals surface area contributed by atoms with E-state index in [1.54, 1.807) is 0 Å². The maximum atomic E-state index is 3.82. The first kappa shape index (κ1) is 12.9. The number of nitrogens with zero attached hydrogens (tertiary/aromatic N) is 1. The molecule has 2 heteroatoms. The Hall–Kier alpha value is -0.0800. The van der Waals surface area contributed by atoms with Crippen molar-refractivity contribution in [1.82, 2.24) is 10.2 Å². The molecule has 1 aliphatic heterocycles. The number of hydrogen-bond donors (Lipinski definition) is 1. The second kappa shape index (κ2) is 5.13. The zero-order valence-electron chi connectivity index (χ0n) is 12.3. The van der Waals surface area contributed by atoms with Crippen LogP contribution < -0.4 is 5.32 Å². The zero-order chi connectivity index (χ0) is 12.6. The predicted octanol–water partition coefficient (Wildman–Crippen LogP) is 3.17. The number of likely N-dealkylation sites (tertiary alicyclic amines) is 1. The van der Waals surface area contributed by atoms with Gasteiger partial charge in [-0.2, -0.15) is 0 Å². The van der Waals surface area contributed by atoms with E-state index in [1.807, 2.05) is 0 Å². The van der Waals surface area contributed by atoms with E-state index in [9.17, 15) is 0 Å². The lowest BCUT2D eigenvalue weighted by Gasteiger charge is -2.44. The molecule has 1 spiro atoms. The molecule has 0 bridgehead atoms. The Balaban J connectivity index is 1.58. The first-order valence-corrected chi connectivity index (χ1v) is 8.19. The lowest BCUT2D eigenvalue weighted by atomic mass is 9.85. The topological polar surface area (TPSA) is 15.3 Å². The highest BCUT2D eigenvalue weighted by Gasteiger charge is 2.46. The Bertz CT molecular complexity index is 273.